The minimum atomic E-state index is 0.290. The summed E-state index contributed by atoms with van der Waals surface area (Å²) in [5.74, 6) is 1.60. The number of hydrogen-bond acceptors (Lipinski definition) is 5. The lowest BCUT2D eigenvalue weighted by Crippen LogP contribution is -2.24. The van der Waals surface area contributed by atoms with Gasteiger partial charge in [0.25, 0.3) is 0 Å². The lowest BCUT2D eigenvalue weighted by molar-refractivity contribution is 0.102. The summed E-state index contributed by atoms with van der Waals surface area (Å²) in [6.45, 7) is 5.27. The van der Waals surface area contributed by atoms with Gasteiger partial charge in [-0.25, -0.2) is 9.67 Å². The van der Waals surface area contributed by atoms with E-state index in [0.29, 0.717) is 19.3 Å². The SMILES string of the molecule is Cc1nc(-c2nnn(C)c2COCc2ccccc2)ccc1O[C@H]1CCC[C@H](C)C1. The highest BCUT2D eigenvalue weighted by Gasteiger charge is 2.22. The Morgan fingerprint density at radius 2 is 1.90 bits per heavy atom. The summed E-state index contributed by atoms with van der Waals surface area (Å²) in [6.07, 6.45) is 5.08. The molecule has 0 unspecified atom stereocenters. The van der Waals surface area contributed by atoms with Crippen LogP contribution in [0.4, 0.5) is 0 Å². The molecule has 0 N–H and O–H groups in total. The lowest BCUT2D eigenvalue weighted by atomic mass is 9.89. The second kappa shape index (κ2) is 9.39. The van der Waals surface area contributed by atoms with E-state index in [1.54, 1.807) is 4.68 Å². The largest absolute Gasteiger partial charge is 0.489 e. The summed E-state index contributed by atoms with van der Waals surface area (Å²) in [6, 6.07) is 14.1. The number of rotatable bonds is 7. The average molecular weight is 407 g/mol. The molecule has 2 heterocycles. The summed E-state index contributed by atoms with van der Waals surface area (Å²) < 4.78 is 13.9. The van der Waals surface area contributed by atoms with Gasteiger partial charge in [0.2, 0.25) is 0 Å². The molecule has 6 nitrogen and oxygen atoms in total. The first-order chi connectivity index (χ1) is 14.6. The Balaban J connectivity index is 1.45. The number of nitrogens with zero attached hydrogens (tertiary/aromatic N) is 4. The molecule has 0 saturated heterocycles. The number of aromatic nitrogens is 4. The summed E-state index contributed by atoms with van der Waals surface area (Å²) >= 11 is 0. The van der Waals surface area contributed by atoms with Crippen molar-refractivity contribution in [3.63, 3.8) is 0 Å². The molecule has 2 atom stereocenters. The molecular weight excluding hydrogens is 376 g/mol. The number of hydrogen-bond donors (Lipinski definition) is 0. The van der Waals surface area contributed by atoms with E-state index >= 15 is 0 Å². The number of benzene rings is 1. The van der Waals surface area contributed by atoms with E-state index in [9.17, 15) is 0 Å². The van der Waals surface area contributed by atoms with Crippen LogP contribution < -0.4 is 4.74 Å². The van der Waals surface area contributed by atoms with Crippen LogP contribution in [0.1, 0.15) is 49.6 Å². The first-order valence-corrected chi connectivity index (χ1v) is 10.7. The van der Waals surface area contributed by atoms with Gasteiger partial charge in [-0.2, -0.15) is 0 Å². The van der Waals surface area contributed by atoms with Crippen molar-refractivity contribution in [1.29, 1.82) is 0 Å². The average Bonchev–Trinajstić information content (AvgIpc) is 3.11. The van der Waals surface area contributed by atoms with Crippen molar-refractivity contribution in [3.05, 3.63) is 59.4 Å². The molecule has 1 fully saturated rings. The molecule has 1 aromatic carbocycles. The van der Waals surface area contributed by atoms with Crippen LogP contribution in [-0.4, -0.2) is 26.1 Å². The van der Waals surface area contributed by atoms with Crippen molar-refractivity contribution >= 4 is 0 Å². The zero-order valence-electron chi connectivity index (χ0n) is 18.0. The second-order valence-corrected chi connectivity index (χ2v) is 8.28. The Morgan fingerprint density at radius 1 is 1.07 bits per heavy atom. The maximum Gasteiger partial charge on any atom is 0.140 e. The van der Waals surface area contributed by atoms with E-state index in [-0.39, 0.29) is 0 Å². The highest BCUT2D eigenvalue weighted by molar-refractivity contribution is 5.58. The van der Waals surface area contributed by atoms with E-state index < -0.39 is 0 Å². The Kier molecular flexibility index (Phi) is 6.43. The highest BCUT2D eigenvalue weighted by Crippen LogP contribution is 2.30. The summed E-state index contributed by atoms with van der Waals surface area (Å²) in [4.78, 5) is 4.77. The molecule has 0 aliphatic heterocycles. The molecule has 2 aromatic heterocycles. The fourth-order valence-corrected chi connectivity index (χ4v) is 4.05. The van der Waals surface area contributed by atoms with Crippen molar-refractivity contribution < 1.29 is 9.47 Å². The Bertz CT molecular complexity index is 971. The number of aryl methyl sites for hydroxylation is 2. The van der Waals surface area contributed by atoms with Crippen LogP contribution >= 0.6 is 0 Å². The van der Waals surface area contributed by atoms with Gasteiger partial charge in [-0.3, -0.25) is 0 Å². The molecule has 4 rings (SSSR count). The molecule has 0 bridgehead atoms. The molecule has 30 heavy (non-hydrogen) atoms. The van der Waals surface area contributed by atoms with Crippen LogP contribution in [0.3, 0.4) is 0 Å². The fraction of sp³-hybridized carbons (Fsp3) is 0.458. The standard InChI is InChI=1S/C24H30N4O2/c1-17-8-7-11-20(14-17)30-23-13-12-21(25-18(23)2)24-22(28(3)27-26-24)16-29-15-19-9-5-4-6-10-19/h4-6,9-10,12-13,17,20H,7-8,11,14-16H2,1-3H3/t17-,20-/m0/s1. The maximum absolute atomic E-state index is 6.27. The molecule has 158 valence electrons. The molecule has 1 aliphatic carbocycles. The van der Waals surface area contributed by atoms with E-state index in [4.69, 9.17) is 14.5 Å². The van der Waals surface area contributed by atoms with Crippen LogP contribution in [0.25, 0.3) is 11.4 Å². The predicted octanol–water partition coefficient (Wildman–Crippen LogP) is 4.86. The minimum Gasteiger partial charge on any atom is -0.489 e. The summed E-state index contributed by atoms with van der Waals surface area (Å²) in [7, 11) is 1.88. The van der Waals surface area contributed by atoms with Crippen molar-refractivity contribution in [1.82, 2.24) is 20.0 Å². The Hall–Kier alpha value is -2.73. The molecule has 1 saturated carbocycles. The topological polar surface area (TPSA) is 62.1 Å². The molecular formula is C24H30N4O2. The first kappa shape index (κ1) is 20.5. The van der Waals surface area contributed by atoms with E-state index in [0.717, 1.165) is 52.8 Å². The third-order valence-corrected chi connectivity index (χ3v) is 5.76. The summed E-state index contributed by atoms with van der Waals surface area (Å²) in [5, 5.41) is 8.53. The smallest absolute Gasteiger partial charge is 0.140 e. The van der Waals surface area contributed by atoms with Crippen molar-refractivity contribution in [3.8, 4) is 17.1 Å². The minimum absolute atomic E-state index is 0.290. The van der Waals surface area contributed by atoms with Gasteiger partial charge in [0, 0.05) is 7.05 Å². The van der Waals surface area contributed by atoms with Gasteiger partial charge in [-0.15, -0.1) is 5.10 Å². The van der Waals surface area contributed by atoms with Crippen molar-refractivity contribution in [2.24, 2.45) is 13.0 Å². The summed E-state index contributed by atoms with van der Waals surface area (Å²) in [5.41, 5.74) is 4.48. The number of ether oxygens (including phenoxy) is 2. The van der Waals surface area contributed by atoms with Crippen LogP contribution in [0.2, 0.25) is 0 Å². The Labute approximate surface area is 178 Å². The van der Waals surface area contributed by atoms with Crippen LogP contribution in [-0.2, 0) is 25.0 Å². The molecule has 3 aromatic rings. The van der Waals surface area contributed by atoms with Crippen LogP contribution in [0.5, 0.6) is 5.75 Å². The molecule has 0 radical (unpaired) electrons. The molecule has 0 spiro atoms. The number of pyridine rings is 1. The third-order valence-electron chi connectivity index (χ3n) is 5.76. The van der Waals surface area contributed by atoms with Crippen molar-refractivity contribution in [2.45, 2.75) is 58.8 Å². The quantitative estimate of drug-likeness (QED) is 0.561. The van der Waals surface area contributed by atoms with Crippen LogP contribution in [0.15, 0.2) is 42.5 Å². The predicted molar refractivity (Wildman–Crippen MR) is 116 cm³/mol. The normalized spacial score (nSPS) is 19.0. The zero-order valence-corrected chi connectivity index (χ0v) is 18.0. The van der Waals surface area contributed by atoms with E-state index in [2.05, 4.69) is 29.4 Å². The second-order valence-electron chi connectivity index (χ2n) is 8.28. The van der Waals surface area contributed by atoms with Gasteiger partial charge in [0.1, 0.15) is 11.4 Å². The Morgan fingerprint density at radius 3 is 2.67 bits per heavy atom. The van der Waals surface area contributed by atoms with Crippen LogP contribution in [0, 0.1) is 12.8 Å². The molecule has 1 aliphatic rings. The third kappa shape index (κ3) is 4.87. The van der Waals surface area contributed by atoms with Gasteiger partial charge < -0.3 is 9.47 Å². The molecule has 6 heteroatoms. The van der Waals surface area contributed by atoms with E-state index in [1.807, 2.05) is 44.3 Å². The van der Waals surface area contributed by atoms with Gasteiger partial charge in [0.05, 0.1) is 36.4 Å². The van der Waals surface area contributed by atoms with Gasteiger partial charge >= 0.3 is 0 Å². The van der Waals surface area contributed by atoms with Gasteiger partial charge in [-0.1, -0.05) is 48.9 Å². The van der Waals surface area contributed by atoms with Gasteiger partial charge in [-0.05, 0) is 49.8 Å². The zero-order chi connectivity index (χ0) is 20.9. The van der Waals surface area contributed by atoms with Gasteiger partial charge in [0.15, 0.2) is 0 Å². The first-order valence-electron chi connectivity index (χ1n) is 10.7. The highest BCUT2D eigenvalue weighted by atomic mass is 16.5. The monoisotopic (exact) mass is 406 g/mol. The van der Waals surface area contributed by atoms with E-state index in [1.165, 1.54) is 12.8 Å². The fourth-order valence-electron chi connectivity index (χ4n) is 4.05. The molecule has 0 amide bonds. The van der Waals surface area contributed by atoms with Crippen molar-refractivity contribution in [2.75, 3.05) is 0 Å². The maximum atomic E-state index is 6.27. The lowest BCUT2D eigenvalue weighted by Gasteiger charge is -2.27.